The lowest BCUT2D eigenvalue weighted by Crippen LogP contribution is -2.30. The van der Waals surface area contributed by atoms with Gasteiger partial charge >= 0.3 is 17.9 Å². The summed E-state index contributed by atoms with van der Waals surface area (Å²) >= 11 is 0. The van der Waals surface area contributed by atoms with Crippen molar-refractivity contribution in [1.82, 2.24) is 0 Å². The van der Waals surface area contributed by atoms with Gasteiger partial charge < -0.3 is 14.2 Å². The molecule has 0 aromatic carbocycles. The fourth-order valence-corrected chi connectivity index (χ4v) is 7.19. The molecule has 1 unspecified atom stereocenters. The molecule has 0 amide bonds. The average molecular weight is 891 g/mol. The van der Waals surface area contributed by atoms with Gasteiger partial charge in [0.05, 0.1) is 6.42 Å². The van der Waals surface area contributed by atoms with Crippen LogP contribution in [0.15, 0.2) is 85.1 Å². The van der Waals surface area contributed by atoms with Crippen LogP contribution in [0.1, 0.15) is 245 Å². The van der Waals surface area contributed by atoms with Crippen molar-refractivity contribution >= 4 is 17.9 Å². The van der Waals surface area contributed by atoms with Crippen molar-refractivity contribution < 1.29 is 28.6 Å². The summed E-state index contributed by atoms with van der Waals surface area (Å²) in [5.74, 6) is -1.06. The smallest absolute Gasteiger partial charge is 0.309 e. The number of allylic oxidation sites excluding steroid dienone is 13. The van der Waals surface area contributed by atoms with Gasteiger partial charge in [-0.3, -0.25) is 14.4 Å². The van der Waals surface area contributed by atoms with Crippen molar-refractivity contribution in [3.8, 4) is 0 Å². The van der Waals surface area contributed by atoms with Gasteiger partial charge in [0, 0.05) is 12.8 Å². The van der Waals surface area contributed by atoms with E-state index in [1.54, 1.807) is 6.08 Å². The Balaban J connectivity index is 4.38. The largest absolute Gasteiger partial charge is 0.462 e. The second-order valence-electron chi connectivity index (χ2n) is 17.5. The number of ether oxygens (including phenoxy) is 3. The van der Waals surface area contributed by atoms with Gasteiger partial charge in [0.15, 0.2) is 6.10 Å². The highest BCUT2D eigenvalue weighted by Crippen LogP contribution is 2.14. The van der Waals surface area contributed by atoms with E-state index in [9.17, 15) is 14.4 Å². The highest BCUT2D eigenvalue weighted by atomic mass is 16.6. The minimum Gasteiger partial charge on any atom is -0.462 e. The maximum atomic E-state index is 12.8. The standard InChI is InChI=1S/C58H98O6/c1-4-7-10-13-16-19-21-23-25-27-29-31-32-34-36-39-42-45-48-51-57(60)63-54-55(53-62-56(59)50-47-44-41-38-18-15-12-9-6-3)64-58(61)52-49-46-43-40-37-35-33-30-28-26-24-22-20-17-14-11-8-5-2/h9,12,16,18-19,21,23,26,28,30,33,38,44,47,55H,4-8,10-11,13-15,17,20,22,24-25,27,29,31-32,34-37,39-43,45-46,48-54H2,1-3H3/b12-9-,19-16-,23-21-,28-26-,33-30-,38-18-,47-44-. The lowest BCUT2D eigenvalue weighted by molar-refractivity contribution is -0.166. The zero-order valence-electron chi connectivity index (χ0n) is 41.8. The van der Waals surface area contributed by atoms with E-state index in [1.807, 2.05) is 6.08 Å². The first-order valence-corrected chi connectivity index (χ1v) is 26.6. The Morgan fingerprint density at radius 2 is 0.703 bits per heavy atom. The van der Waals surface area contributed by atoms with Gasteiger partial charge in [0.25, 0.3) is 0 Å². The fraction of sp³-hybridized carbons (Fsp3) is 0.707. The van der Waals surface area contributed by atoms with E-state index in [1.165, 1.54) is 128 Å². The van der Waals surface area contributed by atoms with Gasteiger partial charge in [-0.25, -0.2) is 0 Å². The van der Waals surface area contributed by atoms with Gasteiger partial charge in [-0.2, -0.15) is 0 Å². The summed E-state index contributed by atoms with van der Waals surface area (Å²) in [7, 11) is 0. The SMILES string of the molecule is CC/C=C\C/C=C\C/C=C\CC(=O)OCC(COC(=O)CCCCCCCCCCCC/C=C\C=C/CCCCC)OC(=O)CCCCCCC/C=C\C=C/CCCCCCCCC. The highest BCUT2D eigenvalue weighted by Gasteiger charge is 2.19. The van der Waals surface area contributed by atoms with Crippen LogP contribution in [-0.4, -0.2) is 37.2 Å². The molecule has 0 aliphatic rings. The number of carbonyl (C=O) groups excluding carboxylic acids is 3. The fourth-order valence-electron chi connectivity index (χ4n) is 7.19. The summed E-state index contributed by atoms with van der Waals surface area (Å²) in [5, 5.41) is 0. The molecule has 0 saturated carbocycles. The number of carbonyl (C=O) groups is 3. The van der Waals surface area contributed by atoms with Gasteiger partial charge in [0.2, 0.25) is 0 Å². The van der Waals surface area contributed by atoms with Crippen LogP contribution in [0, 0.1) is 0 Å². The molecule has 64 heavy (non-hydrogen) atoms. The van der Waals surface area contributed by atoms with Crippen LogP contribution in [-0.2, 0) is 28.6 Å². The third kappa shape index (κ3) is 49.6. The summed E-state index contributed by atoms with van der Waals surface area (Å²) in [4.78, 5) is 37.9. The maximum Gasteiger partial charge on any atom is 0.309 e. The van der Waals surface area contributed by atoms with Crippen molar-refractivity contribution in [1.29, 1.82) is 0 Å². The maximum absolute atomic E-state index is 12.8. The van der Waals surface area contributed by atoms with Gasteiger partial charge in [-0.15, -0.1) is 0 Å². The lowest BCUT2D eigenvalue weighted by Gasteiger charge is -2.18. The third-order valence-corrected chi connectivity index (χ3v) is 11.2. The number of hydrogen-bond donors (Lipinski definition) is 0. The number of unbranched alkanes of at least 4 members (excludes halogenated alkanes) is 25. The minimum absolute atomic E-state index is 0.112. The van der Waals surface area contributed by atoms with Crippen LogP contribution in [0.3, 0.4) is 0 Å². The molecule has 0 saturated heterocycles. The van der Waals surface area contributed by atoms with Gasteiger partial charge in [0.1, 0.15) is 13.2 Å². The molecule has 0 bridgehead atoms. The Labute approximate surface area is 395 Å². The van der Waals surface area contributed by atoms with Crippen LogP contribution < -0.4 is 0 Å². The second kappa shape index (κ2) is 52.2. The van der Waals surface area contributed by atoms with Crippen molar-refractivity contribution in [2.45, 2.75) is 252 Å². The number of esters is 3. The number of rotatable bonds is 47. The van der Waals surface area contributed by atoms with Gasteiger partial charge in [-0.1, -0.05) is 228 Å². The zero-order chi connectivity index (χ0) is 46.5. The lowest BCUT2D eigenvalue weighted by atomic mass is 10.1. The molecule has 0 aromatic rings. The Hall–Kier alpha value is -3.41. The van der Waals surface area contributed by atoms with Crippen LogP contribution in [0.4, 0.5) is 0 Å². The van der Waals surface area contributed by atoms with Crippen molar-refractivity contribution in [3.63, 3.8) is 0 Å². The Morgan fingerprint density at radius 1 is 0.359 bits per heavy atom. The first-order valence-electron chi connectivity index (χ1n) is 26.6. The van der Waals surface area contributed by atoms with Crippen LogP contribution in [0.2, 0.25) is 0 Å². The Kier molecular flexibility index (Phi) is 49.4. The van der Waals surface area contributed by atoms with E-state index >= 15 is 0 Å². The molecule has 0 aromatic heterocycles. The zero-order valence-corrected chi connectivity index (χ0v) is 41.8. The molecule has 1 atom stereocenters. The molecule has 0 rings (SSSR count). The predicted molar refractivity (Wildman–Crippen MR) is 274 cm³/mol. The van der Waals surface area contributed by atoms with E-state index in [0.29, 0.717) is 12.8 Å². The average Bonchev–Trinajstić information content (AvgIpc) is 3.29. The molecule has 0 heterocycles. The van der Waals surface area contributed by atoms with Crippen LogP contribution >= 0.6 is 0 Å². The van der Waals surface area contributed by atoms with Crippen LogP contribution in [0.25, 0.3) is 0 Å². The second-order valence-corrected chi connectivity index (χ2v) is 17.5. The van der Waals surface area contributed by atoms with Crippen molar-refractivity contribution in [2.24, 2.45) is 0 Å². The first-order chi connectivity index (χ1) is 31.5. The molecular weight excluding hydrogens is 793 g/mol. The number of hydrogen-bond acceptors (Lipinski definition) is 6. The topological polar surface area (TPSA) is 78.9 Å². The molecule has 0 radical (unpaired) electrons. The summed E-state index contributed by atoms with van der Waals surface area (Å²) in [6.07, 6.45) is 67.5. The molecule has 0 N–H and O–H groups in total. The Morgan fingerprint density at radius 3 is 1.16 bits per heavy atom. The molecule has 6 nitrogen and oxygen atoms in total. The summed E-state index contributed by atoms with van der Waals surface area (Å²) < 4.78 is 16.7. The third-order valence-electron chi connectivity index (χ3n) is 11.2. The minimum atomic E-state index is -0.821. The Bertz CT molecular complexity index is 1250. The van der Waals surface area contributed by atoms with Crippen molar-refractivity contribution in [3.05, 3.63) is 85.1 Å². The molecule has 366 valence electrons. The van der Waals surface area contributed by atoms with E-state index in [2.05, 4.69) is 93.7 Å². The van der Waals surface area contributed by atoms with Crippen LogP contribution in [0.5, 0.6) is 0 Å². The molecule has 0 aliphatic carbocycles. The summed E-state index contributed by atoms with van der Waals surface area (Å²) in [6.45, 7) is 6.38. The van der Waals surface area contributed by atoms with E-state index in [4.69, 9.17) is 14.2 Å². The van der Waals surface area contributed by atoms with Gasteiger partial charge in [-0.05, 0) is 83.5 Å². The molecule has 6 heteroatoms. The quantitative estimate of drug-likeness (QED) is 0.0199. The normalized spacial score (nSPS) is 12.7. The molecule has 0 spiro atoms. The first kappa shape index (κ1) is 60.6. The summed E-state index contributed by atoms with van der Waals surface area (Å²) in [6, 6.07) is 0. The summed E-state index contributed by atoms with van der Waals surface area (Å²) in [5.41, 5.74) is 0. The highest BCUT2D eigenvalue weighted by molar-refractivity contribution is 5.72. The molecule has 0 aliphatic heterocycles. The van der Waals surface area contributed by atoms with Crippen molar-refractivity contribution in [2.75, 3.05) is 13.2 Å². The van der Waals surface area contributed by atoms with E-state index in [0.717, 1.165) is 77.0 Å². The van der Waals surface area contributed by atoms with E-state index in [-0.39, 0.29) is 31.6 Å². The molecular formula is C58H98O6. The monoisotopic (exact) mass is 891 g/mol. The molecule has 0 fully saturated rings. The van der Waals surface area contributed by atoms with E-state index < -0.39 is 12.1 Å². The predicted octanol–water partition coefficient (Wildman–Crippen LogP) is 17.6.